The fraction of sp³-hybridized carbons (Fsp3) is 0.429. The van der Waals surface area contributed by atoms with Gasteiger partial charge < -0.3 is 9.64 Å². The van der Waals surface area contributed by atoms with E-state index < -0.39 is 6.10 Å². The summed E-state index contributed by atoms with van der Waals surface area (Å²) in [4.78, 5) is 13.9. The lowest BCUT2D eigenvalue weighted by molar-refractivity contribution is -0.125. The lowest BCUT2D eigenvalue weighted by Gasteiger charge is -2.23. The Morgan fingerprint density at radius 3 is 2.40 bits per heavy atom. The number of rotatable bonds is 5. The van der Waals surface area contributed by atoms with Gasteiger partial charge >= 0.3 is 0 Å². The molecule has 0 radical (unpaired) electrons. The van der Waals surface area contributed by atoms with Crippen LogP contribution in [0.5, 0.6) is 5.75 Å². The number of hydrogen-bond acceptors (Lipinski definition) is 3. The number of halogens is 1. The van der Waals surface area contributed by atoms with Crippen molar-refractivity contribution in [3.63, 3.8) is 0 Å². The molecule has 0 saturated carbocycles. The van der Waals surface area contributed by atoms with Gasteiger partial charge in [0, 0.05) is 18.1 Å². The summed E-state index contributed by atoms with van der Waals surface area (Å²) in [5, 5.41) is 3.73. The average Bonchev–Trinajstić information content (AvgIpc) is 2.42. The minimum absolute atomic E-state index is 0.267. The summed E-state index contributed by atoms with van der Waals surface area (Å²) in [6.07, 6.45) is -0.635. The van der Waals surface area contributed by atoms with Crippen molar-refractivity contribution in [3.8, 4) is 5.75 Å². The van der Waals surface area contributed by atoms with Gasteiger partial charge in [-0.1, -0.05) is 11.6 Å². The maximum atomic E-state index is 12.0. The van der Waals surface area contributed by atoms with Crippen LogP contribution in [0, 0.1) is 0 Å². The van der Waals surface area contributed by atoms with Gasteiger partial charge in [-0.2, -0.15) is 0 Å². The first-order valence-electron chi connectivity index (χ1n) is 6.49. The van der Waals surface area contributed by atoms with Crippen LogP contribution in [0.3, 0.4) is 0 Å². The monoisotopic (exact) mass is 314 g/mol. The third kappa shape index (κ3) is 4.98. The Hall–Kier alpha value is -1.33. The molecule has 0 spiro atoms. The Balaban J connectivity index is 2.54. The van der Waals surface area contributed by atoms with E-state index in [0.717, 1.165) is 13.1 Å². The van der Waals surface area contributed by atoms with Crippen LogP contribution in [-0.2, 0) is 4.79 Å². The molecule has 1 aromatic rings. The van der Waals surface area contributed by atoms with Crippen LogP contribution in [0.1, 0.15) is 20.8 Å². The second-order valence-corrected chi connectivity index (χ2v) is 5.00. The Labute approximate surface area is 130 Å². The first-order chi connectivity index (χ1) is 9.47. The standard InChI is InChI=1S/C14H19ClN2O2S/c1-4-17(5-2)14(20)16-13(18)10(3)19-12-8-6-11(15)7-9-12/h6-10H,4-5H2,1-3H3,(H,16,18,20)/t10-/m1/s1. The zero-order valence-electron chi connectivity index (χ0n) is 11.9. The van der Waals surface area contributed by atoms with Gasteiger partial charge in [0.1, 0.15) is 5.75 Å². The lowest BCUT2D eigenvalue weighted by Crippen LogP contribution is -2.46. The fourth-order valence-corrected chi connectivity index (χ4v) is 2.05. The van der Waals surface area contributed by atoms with Crippen molar-refractivity contribution < 1.29 is 9.53 Å². The summed E-state index contributed by atoms with van der Waals surface area (Å²) in [5.74, 6) is 0.322. The molecule has 0 aliphatic heterocycles. The number of nitrogens with zero attached hydrogens (tertiary/aromatic N) is 1. The van der Waals surface area contributed by atoms with Crippen molar-refractivity contribution in [2.45, 2.75) is 26.9 Å². The predicted molar refractivity (Wildman–Crippen MR) is 85.2 cm³/mol. The highest BCUT2D eigenvalue weighted by molar-refractivity contribution is 7.80. The molecular formula is C14H19ClN2O2S. The van der Waals surface area contributed by atoms with Crippen molar-refractivity contribution in [2.24, 2.45) is 0 Å². The van der Waals surface area contributed by atoms with Crippen molar-refractivity contribution in [2.75, 3.05) is 13.1 Å². The van der Waals surface area contributed by atoms with E-state index in [1.54, 1.807) is 31.2 Å². The number of hydrogen-bond donors (Lipinski definition) is 1. The van der Waals surface area contributed by atoms with Gasteiger partial charge in [0.15, 0.2) is 11.2 Å². The van der Waals surface area contributed by atoms with Crippen LogP contribution >= 0.6 is 23.8 Å². The molecule has 0 aliphatic rings. The number of carbonyl (C=O) groups is 1. The molecule has 1 amide bonds. The molecular weight excluding hydrogens is 296 g/mol. The van der Waals surface area contributed by atoms with E-state index in [4.69, 9.17) is 28.6 Å². The number of ether oxygens (including phenoxy) is 1. The zero-order chi connectivity index (χ0) is 15.1. The van der Waals surface area contributed by atoms with E-state index in [1.807, 2.05) is 18.7 Å². The van der Waals surface area contributed by atoms with E-state index in [9.17, 15) is 4.79 Å². The average molecular weight is 315 g/mol. The molecule has 0 bridgehead atoms. The fourth-order valence-electron chi connectivity index (χ4n) is 1.57. The Bertz CT molecular complexity index is 461. The number of amides is 1. The van der Waals surface area contributed by atoms with Crippen LogP contribution in [-0.4, -0.2) is 35.1 Å². The third-order valence-corrected chi connectivity index (χ3v) is 3.39. The maximum Gasteiger partial charge on any atom is 0.266 e. The van der Waals surface area contributed by atoms with Gasteiger partial charge in [-0.05, 0) is 57.3 Å². The largest absolute Gasteiger partial charge is 0.481 e. The van der Waals surface area contributed by atoms with Gasteiger partial charge in [0.05, 0.1) is 0 Å². The highest BCUT2D eigenvalue weighted by Gasteiger charge is 2.17. The minimum Gasteiger partial charge on any atom is -0.481 e. The molecule has 0 saturated heterocycles. The second kappa shape index (κ2) is 8.07. The van der Waals surface area contributed by atoms with Crippen LogP contribution < -0.4 is 10.1 Å². The van der Waals surface area contributed by atoms with Crippen molar-refractivity contribution in [1.29, 1.82) is 0 Å². The minimum atomic E-state index is -0.635. The van der Waals surface area contributed by atoms with E-state index >= 15 is 0 Å². The van der Waals surface area contributed by atoms with Crippen LogP contribution in [0.4, 0.5) is 0 Å². The Kier molecular flexibility index (Phi) is 6.75. The summed E-state index contributed by atoms with van der Waals surface area (Å²) in [6, 6.07) is 6.85. The number of thiocarbonyl (C=S) groups is 1. The van der Waals surface area contributed by atoms with Gasteiger partial charge in [-0.3, -0.25) is 10.1 Å². The molecule has 0 aromatic heterocycles. The highest BCUT2D eigenvalue weighted by Crippen LogP contribution is 2.16. The van der Waals surface area contributed by atoms with Gasteiger partial charge in [-0.25, -0.2) is 0 Å². The Morgan fingerprint density at radius 1 is 1.35 bits per heavy atom. The third-order valence-electron chi connectivity index (χ3n) is 2.78. The van der Waals surface area contributed by atoms with Gasteiger partial charge in [0.2, 0.25) is 0 Å². The normalized spacial score (nSPS) is 11.6. The molecule has 0 fully saturated rings. The van der Waals surface area contributed by atoms with Gasteiger partial charge in [-0.15, -0.1) is 0 Å². The molecule has 1 N–H and O–H groups in total. The summed E-state index contributed by atoms with van der Waals surface area (Å²) >= 11 is 11.0. The summed E-state index contributed by atoms with van der Waals surface area (Å²) in [7, 11) is 0. The van der Waals surface area contributed by atoms with Crippen LogP contribution in [0.25, 0.3) is 0 Å². The first-order valence-corrected chi connectivity index (χ1v) is 7.28. The predicted octanol–water partition coefficient (Wildman–Crippen LogP) is 2.85. The SMILES string of the molecule is CCN(CC)C(=S)NC(=O)[C@@H](C)Oc1ccc(Cl)cc1. The molecule has 1 atom stereocenters. The van der Waals surface area contributed by atoms with E-state index in [2.05, 4.69) is 5.32 Å². The van der Waals surface area contributed by atoms with E-state index in [0.29, 0.717) is 15.9 Å². The topological polar surface area (TPSA) is 41.6 Å². The first kappa shape index (κ1) is 16.7. The van der Waals surface area contributed by atoms with E-state index in [-0.39, 0.29) is 5.91 Å². The van der Waals surface area contributed by atoms with Crippen molar-refractivity contribution >= 4 is 34.8 Å². The molecule has 1 rings (SSSR count). The Morgan fingerprint density at radius 2 is 1.90 bits per heavy atom. The van der Waals surface area contributed by atoms with Crippen molar-refractivity contribution in [1.82, 2.24) is 10.2 Å². The molecule has 20 heavy (non-hydrogen) atoms. The number of nitrogens with one attached hydrogen (secondary N) is 1. The second-order valence-electron chi connectivity index (χ2n) is 4.18. The van der Waals surface area contributed by atoms with E-state index in [1.165, 1.54) is 0 Å². The zero-order valence-corrected chi connectivity index (χ0v) is 13.4. The quantitative estimate of drug-likeness (QED) is 0.849. The van der Waals surface area contributed by atoms with Crippen LogP contribution in [0.2, 0.25) is 5.02 Å². The summed E-state index contributed by atoms with van der Waals surface area (Å²) in [5.41, 5.74) is 0. The van der Waals surface area contributed by atoms with Crippen LogP contribution in [0.15, 0.2) is 24.3 Å². The molecule has 0 aliphatic carbocycles. The molecule has 4 nitrogen and oxygen atoms in total. The maximum absolute atomic E-state index is 12.0. The molecule has 0 unspecified atom stereocenters. The highest BCUT2D eigenvalue weighted by atomic mass is 35.5. The number of carbonyl (C=O) groups excluding carboxylic acids is 1. The smallest absolute Gasteiger partial charge is 0.266 e. The molecule has 1 aromatic carbocycles. The number of benzene rings is 1. The van der Waals surface area contributed by atoms with Crippen molar-refractivity contribution in [3.05, 3.63) is 29.3 Å². The molecule has 6 heteroatoms. The summed E-state index contributed by atoms with van der Waals surface area (Å²) in [6.45, 7) is 7.14. The lowest BCUT2D eigenvalue weighted by atomic mass is 10.3. The molecule has 0 heterocycles. The summed E-state index contributed by atoms with van der Waals surface area (Å²) < 4.78 is 5.53. The molecule has 110 valence electrons. The van der Waals surface area contributed by atoms with Gasteiger partial charge in [0.25, 0.3) is 5.91 Å².